The molecule has 1 rings (SSSR count). The fourth-order valence-electron chi connectivity index (χ4n) is 0.713. The molecule has 0 saturated heterocycles. The van der Waals surface area contributed by atoms with E-state index in [-0.39, 0.29) is 5.69 Å². The highest BCUT2D eigenvalue weighted by Gasteiger charge is 2.02. The summed E-state index contributed by atoms with van der Waals surface area (Å²) in [5.41, 5.74) is 5.19. The Morgan fingerprint density at radius 2 is 2.50 bits per heavy atom. The molecule has 1 amide bonds. The number of hydrogen-bond acceptors (Lipinski definition) is 3. The van der Waals surface area contributed by atoms with Gasteiger partial charge in [-0.25, -0.2) is 9.97 Å². The van der Waals surface area contributed by atoms with Crippen LogP contribution in [-0.4, -0.2) is 15.9 Å². The highest BCUT2D eigenvalue weighted by atomic mass is 16.1. The fourth-order valence-corrected chi connectivity index (χ4v) is 0.713. The summed E-state index contributed by atoms with van der Waals surface area (Å²) < 4.78 is 0. The summed E-state index contributed by atoms with van der Waals surface area (Å²) in [4.78, 5) is 18.3. The molecule has 2 N–H and O–H groups in total. The van der Waals surface area contributed by atoms with Gasteiger partial charge in [0.2, 0.25) is 0 Å². The zero-order chi connectivity index (χ0) is 8.97. The molecule has 0 radical (unpaired) electrons. The van der Waals surface area contributed by atoms with Crippen molar-refractivity contribution in [2.75, 3.05) is 0 Å². The Balaban J connectivity index is 2.97. The maximum atomic E-state index is 10.6. The van der Waals surface area contributed by atoms with Crippen LogP contribution in [0.15, 0.2) is 12.3 Å². The van der Waals surface area contributed by atoms with Gasteiger partial charge in [-0.15, -0.1) is 6.42 Å². The maximum Gasteiger partial charge on any atom is 0.267 e. The molecule has 1 aromatic heterocycles. The molecule has 4 heteroatoms. The van der Waals surface area contributed by atoms with E-state index in [0.717, 1.165) is 0 Å². The van der Waals surface area contributed by atoms with Gasteiger partial charge >= 0.3 is 0 Å². The molecule has 0 unspecified atom stereocenters. The van der Waals surface area contributed by atoms with Crippen molar-refractivity contribution >= 4 is 5.91 Å². The van der Waals surface area contributed by atoms with E-state index in [1.807, 2.05) is 0 Å². The summed E-state index contributed by atoms with van der Waals surface area (Å²) in [6, 6.07) is 1.45. The highest BCUT2D eigenvalue weighted by Crippen LogP contribution is 1.94. The highest BCUT2D eigenvalue weighted by molar-refractivity contribution is 5.90. The molecule has 1 heterocycles. The number of carbonyl (C=O) groups is 1. The zero-order valence-electron chi connectivity index (χ0n) is 6.32. The van der Waals surface area contributed by atoms with Crippen LogP contribution in [0.5, 0.6) is 0 Å². The number of amides is 1. The third-order valence-corrected chi connectivity index (χ3v) is 1.22. The number of terminal acetylenes is 1. The van der Waals surface area contributed by atoms with Gasteiger partial charge in [0, 0.05) is 6.20 Å². The van der Waals surface area contributed by atoms with Gasteiger partial charge in [0.15, 0.2) is 0 Å². The third-order valence-electron chi connectivity index (χ3n) is 1.22. The van der Waals surface area contributed by atoms with E-state index in [2.05, 4.69) is 15.9 Å². The largest absolute Gasteiger partial charge is 0.364 e. The molecule has 0 aliphatic carbocycles. The monoisotopic (exact) mass is 161 g/mol. The van der Waals surface area contributed by atoms with Gasteiger partial charge in [-0.2, -0.15) is 0 Å². The van der Waals surface area contributed by atoms with Crippen LogP contribution in [0.4, 0.5) is 0 Å². The van der Waals surface area contributed by atoms with E-state index in [4.69, 9.17) is 12.2 Å². The van der Waals surface area contributed by atoms with E-state index >= 15 is 0 Å². The van der Waals surface area contributed by atoms with E-state index in [9.17, 15) is 4.79 Å². The minimum Gasteiger partial charge on any atom is -0.364 e. The van der Waals surface area contributed by atoms with Gasteiger partial charge in [-0.05, 0) is 6.07 Å². The van der Waals surface area contributed by atoms with Gasteiger partial charge in [0.25, 0.3) is 5.91 Å². The normalized spacial score (nSPS) is 8.92. The molecule has 0 aliphatic heterocycles. The molecule has 0 fully saturated rings. The Bertz CT molecular complexity index is 340. The molecule has 0 aliphatic rings. The van der Waals surface area contributed by atoms with Crippen molar-refractivity contribution in [1.29, 1.82) is 0 Å². The van der Waals surface area contributed by atoms with Crippen LogP contribution in [0.3, 0.4) is 0 Å². The molecule has 4 nitrogen and oxygen atoms in total. The summed E-state index contributed by atoms with van der Waals surface area (Å²) in [5.74, 6) is 2.24. The van der Waals surface area contributed by atoms with Crippen molar-refractivity contribution < 1.29 is 4.79 Å². The van der Waals surface area contributed by atoms with Crippen LogP contribution < -0.4 is 5.73 Å². The number of rotatable bonds is 2. The molecule has 12 heavy (non-hydrogen) atoms. The van der Waals surface area contributed by atoms with Gasteiger partial charge in [-0.1, -0.05) is 5.92 Å². The Morgan fingerprint density at radius 1 is 1.75 bits per heavy atom. The number of hydrogen-bond donors (Lipinski definition) is 1. The Morgan fingerprint density at radius 3 is 3.08 bits per heavy atom. The molecule has 60 valence electrons. The van der Waals surface area contributed by atoms with Crippen LogP contribution in [-0.2, 0) is 6.42 Å². The molecule has 0 bridgehead atoms. The fraction of sp³-hybridized carbons (Fsp3) is 0.125. The smallest absolute Gasteiger partial charge is 0.267 e. The lowest BCUT2D eigenvalue weighted by Gasteiger charge is -1.95. The first kappa shape index (κ1) is 8.21. The summed E-state index contributed by atoms with van der Waals surface area (Å²) in [6.07, 6.45) is 6.81. The number of primary amides is 1. The number of aromatic nitrogens is 2. The summed E-state index contributed by atoms with van der Waals surface area (Å²) >= 11 is 0. The van der Waals surface area contributed by atoms with Crippen molar-refractivity contribution in [3.05, 3.63) is 23.8 Å². The van der Waals surface area contributed by atoms with Gasteiger partial charge in [0.05, 0.1) is 6.42 Å². The molecule has 0 atom stereocenters. The second-order valence-corrected chi connectivity index (χ2v) is 2.10. The van der Waals surface area contributed by atoms with Crippen molar-refractivity contribution in [3.8, 4) is 12.3 Å². The predicted molar refractivity (Wildman–Crippen MR) is 43.1 cm³/mol. The van der Waals surface area contributed by atoms with Crippen LogP contribution in [0.2, 0.25) is 0 Å². The van der Waals surface area contributed by atoms with E-state index in [0.29, 0.717) is 12.2 Å². The second-order valence-electron chi connectivity index (χ2n) is 2.10. The standard InChI is InChI=1S/C8H7N3O/c1-2-3-7-10-5-4-6(11-7)8(9)12/h1,4-5H,3H2,(H2,9,12). The Kier molecular flexibility index (Phi) is 2.38. The number of nitrogens with zero attached hydrogens (tertiary/aromatic N) is 2. The zero-order valence-corrected chi connectivity index (χ0v) is 6.32. The Hall–Kier alpha value is -1.89. The van der Waals surface area contributed by atoms with Crippen molar-refractivity contribution in [1.82, 2.24) is 9.97 Å². The van der Waals surface area contributed by atoms with Crippen molar-refractivity contribution in [2.45, 2.75) is 6.42 Å². The third kappa shape index (κ3) is 1.80. The minimum absolute atomic E-state index is 0.190. The van der Waals surface area contributed by atoms with Crippen molar-refractivity contribution in [2.24, 2.45) is 5.73 Å². The minimum atomic E-state index is -0.573. The van der Waals surface area contributed by atoms with Gasteiger partial charge < -0.3 is 5.73 Å². The van der Waals surface area contributed by atoms with Crippen LogP contribution >= 0.6 is 0 Å². The first-order chi connectivity index (χ1) is 5.74. The molecule has 0 spiro atoms. The number of carbonyl (C=O) groups excluding carboxylic acids is 1. The lowest BCUT2D eigenvalue weighted by molar-refractivity contribution is 0.0995. The molecule has 0 saturated carbocycles. The van der Waals surface area contributed by atoms with Gasteiger partial charge in [0.1, 0.15) is 11.5 Å². The van der Waals surface area contributed by atoms with Crippen LogP contribution in [0, 0.1) is 12.3 Å². The first-order valence-corrected chi connectivity index (χ1v) is 3.29. The molecule has 0 aromatic carbocycles. The average Bonchev–Trinajstić information content (AvgIpc) is 2.05. The molecular weight excluding hydrogens is 154 g/mol. The summed E-state index contributed by atoms with van der Waals surface area (Å²) in [6.45, 7) is 0. The average molecular weight is 161 g/mol. The topological polar surface area (TPSA) is 68.9 Å². The van der Waals surface area contributed by atoms with Crippen LogP contribution in [0.25, 0.3) is 0 Å². The number of nitrogens with two attached hydrogens (primary N) is 1. The lowest BCUT2D eigenvalue weighted by atomic mass is 10.3. The van der Waals surface area contributed by atoms with Crippen LogP contribution in [0.1, 0.15) is 16.3 Å². The lowest BCUT2D eigenvalue weighted by Crippen LogP contribution is -2.14. The first-order valence-electron chi connectivity index (χ1n) is 3.29. The summed E-state index contributed by atoms with van der Waals surface area (Å²) in [5, 5.41) is 0. The summed E-state index contributed by atoms with van der Waals surface area (Å²) in [7, 11) is 0. The molecule has 1 aromatic rings. The van der Waals surface area contributed by atoms with Crippen molar-refractivity contribution in [3.63, 3.8) is 0 Å². The quantitative estimate of drug-likeness (QED) is 0.608. The van der Waals surface area contributed by atoms with E-state index in [1.165, 1.54) is 12.3 Å². The SMILES string of the molecule is C#CCc1nccc(C(N)=O)n1. The van der Waals surface area contributed by atoms with Gasteiger partial charge in [-0.3, -0.25) is 4.79 Å². The van der Waals surface area contributed by atoms with E-state index < -0.39 is 5.91 Å². The van der Waals surface area contributed by atoms with E-state index in [1.54, 1.807) is 0 Å². The predicted octanol–water partition coefficient (Wildman–Crippen LogP) is -0.249. The second kappa shape index (κ2) is 3.49. The Labute approximate surface area is 69.8 Å². The molecular formula is C8H7N3O. The maximum absolute atomic E-state index is 10.6.